The molecule has 3 aromatic rings. The van der Waals surface area contributed by atoms with Gasteiger partial charge >= 0.3 is 0 Å². The Morgan fingerprint density at radius 3 is 2.96 bits per heavy atom. The number of aromatic nitrogens is 2. The second kappa shape index (κ2) is 7.01. The lowest BCUT2D eigenvalue weighted by Crippen LogP contribution is -2.27. The molecule has 23 heavy (non-hydrogen) atoms. The SMILES string of the molecule is CNc1nnc(SCC(=O)N[C@H](C)c2cc3ccccc3o2)s1. The summed E-state index contributed by atoms with van der Waals surface area (Å²) in [6.45, 7) is 1.91. The predicted molar refractivity (Wildman–Crippen MR) is 93.0 cm³/mol. The zero-order valence-electron chi connectivity index (χ0n) is 12.7. The zero-order chi connectivity index (χ0) is 16.2. The maximum Gasteiger partial charge on any atom is 0.231 e. The molecule has 1 atom stereocenters. The third-order valence-corrected chi connectivity index (χ3v) is 5.27. The molecule has 0 bridgehead atoms. The average Bonchev–Trinajstić information content (AvgIpc) is 3.19. The number of furan rings is 1. The van der Waals surface area contributed by atoms with E-state index in [2.05, 4.69) is 20.8 Å². The van der Waals surface area contributed by atoms with Crippen LogP contribution in [0.25, 0.3) is 11.0 Å². The van der Waals surface area contributed by atoms with Gasteiger partial charge < -0.3 is 15.1 Å². The normalized spacial score (nSPS) is 12.3. The lowest BCUT2D eigenvalue weighted by Gasteiger charge is -2.10. The van der Waals surface area contributed by atoms with Crippen LogP contribution in [-0.2, 0) is 4.79 Å². The van der Waals surface area contributed by atoms with E-state index < -0.39 is 0 Å². The van der Waals surface area contributed by atoms with Gasteiger partial charge in [-0.25, -0.2) is 0 Å². The Hall–Kier alpha value is -2.06. The summed E-state index contributed by atoms with van der Waals surface area (Å²) in [6, 6.07) is 9.56. The van der Waals surface area contributed by atoms with Gasteiger partial charge in [-0.05, 0) is 19.1 Å². The first-order chi connectivity index (χ1) is 11.2. The molecule has 3 rings (SSSR count). The van der Waals surface area contributed by atoms with Crippen molar-refractivity contribution in [2.75, 3.05) is 18.1 Å². The van der Waals surface area contributed by atoms with Crippen molar-refractivity contribution in [1.29, 1.82) is 0 Å². The Bertz CT molecular complexity index is 782. The monoisotopic (exact) mass is 348 g/mol. The molecule has 2 N–H and O–H groups in total. The van der Waals surface area contributed by atoms with Crippen LogP contribution in [0.5, 0.6) is 0 Å². The lowest BCUT2D eigenvalue weighted by atomic mass is 10.2. The van der Waals surface area contributed by atoms with Gasteiger partial charge in [0.2, 0.25) is 11.0 Å². The number of fused-ring (bicyclic) bond motifs is 1. The molecule has 0 aliphatic heterocycles. The van der Waals surface area contributed by atoms with Crippen LogP contribution in [0.4, 0.5) is 5.13 Å². The van der Waals surface area contributed by atoms with Gasteiger partial charge in [-0.15, -0.1) is 10.2 Å². The highest BCUT2D eigenvalue weighted by atomic mass is 32.2. The maximum atomic E-state index is 12.1. The molecule has 1 amide bonds. The van der Waals surface area contributed by atoms with Crippen molar-refractivity contribution in [3.05, 3.63) is 36.1 Å². The van der Waals surface area contributed by atoms with Crippen LogP contribution in [0.1, 0.15) is 18.7 Å². The van der Waals surface area contributed by atoms with Crippen molar-refractivity contribution in [2.45, 2.75) is 17.3 Å². The molecule has 0 saturated carbocycles. The molecule has 1 aromatic carbocycles. The Labute approximate surface area is 141 Å². The van der Waals surface area contributed by atoms with Gasteiger partial charge in [0.15, 0.2) is 4.34 Å². The molecule has 0 unspecified atom stereocenters. The van der Waals surface area contributed by atoms with E-state index in [1.54, 1.807) is 7.05 Å². The fraction of sp³-hybridized carbons (Fsp3) is 0.267. The molecule has 8 heteroatoms. The first-order valence-electron chi connectivity index (χ1n) is 7.07. The smallest absolute Gasteiger partial charge is 0.231 e. The molecule has 0 aliphatic carbocycles. The van der Waals surface area contributed by atoms with Crippen molar-refractivity contribution < 1.29 is 9.21 Å². The fourth-order valence-corrected chi connectivity index (χ4v) is 3.58. The van der Waals surface area contributed by atoms with E-state index in [1.165, 1.54) is 23.1 Å². The van der Waals surface area contributed by atoms with E-state index >= 15 is 0 Å². The third-order valence-electron chi connectivity index (χ3n) is 3.20. The molecule has 0 radical (unpaired) electrons. The molecule has 2 aromatic heterocycles. The largest absolute Gasteiger partial charge is 0.459 e. The summed E-state index contributed by atoms with van der Waals surface area (Å²) >= 11 is 2.79. The summed E-state index contributed by atoms with van der Waals surface area (Å²) in [5, 5.41) is 15.6. The van der Waals surface area contributed by atoms with Crippen molar-refractivity contribution in [1.82, 2.24) is 15.5 Å². The first kappa shape index (κ1) is 15.8. The van der Waals surface area contributed by atoms with Gasteiger partial charge in [0.25, 0.3) is 0 Å². The minimum Gasteiger partial charge on any atom is -0.459 e. The van der Waals surface area contributed by atoms with Gasteiger partial charge in [-0.3, -0.25) is 4.79 Å². The number of carbonyl (C=O) groups excluding carboxylic acids is 1. The third kappa shape index (κ3) is 3.83. The second-order valence-corrected chi connectivity index (χ2v) is 7.09. The minimum atomic E-state index is -0.183. The topological polar surface area (TPSA) is 80.0 Å². The van der Waals surface area contributed by atoms with Crippen molar-refractivity contribution in [3.8, 4) is 0 Å². The predicted octanol–water partition coefficient (Wildman–Crippen LogP) is 3.30. The van der Waals surface area contributed by atoms with Crippen molar-refractivity contribution >= 4 is 45.1 Å². The summed E-state index contributed by atoms with van der Waals surface area (Å²) in [5.41, 5.74) is 0.825. The summed E-state index contributed by atoms with van der Waals surface area (Å²) in [6.07, 6.45) is 0. The molecule has 0 saturated heterocycles. The number of rotatable bonds is 6. The Kier molecular flexibility index (Phi) is 4.82. The van der Waals surface area contributed by atoms with E-state index in [0.29, 0.717) is 5.75 Å². The van der Waals surface area contributed by atoms with Gasteiger partial charge in [0.05, 0.1) is 11.8 Å². The Morgan fingerprint density at radius 1 is 1.39 bits per heavy atom. The Balaban J connectivity index is 1.56. The van der Waals surface area contributed by atoms with E-state index in [-0.39, 0.29) is 11.9 Å². The van der Waals surface area contributed by atoms with E-state index in [0.717, 1.165) is 26.2 Å². The minimum absolute atomic E-state index is 0.0656. The number of thioether (sulfide) groups is 1. The van der Waals surface area contributed by atoms with Gasteiger partial charge in [-0.1, -0.05) is 41.3 Å². The number of carbonyl (C=O) groups is 1. The average molecular weight is 348 g/mol. The van der Waals surface area contributed by atoms with Crippen molar-refractivity contribution in [3.63, 3.8) is 0 Å². The van der Waals surface area contributed by atoms with Crippen LogP contribution in [0.3, 0.4) is 0 Å². The number of benzene rings is 1. The van der Waals surface area contributed by atoms with Crippen LogP contribution in [0.15, 0.2) is 39.1 Å². The number of nitrogens with zero attached hydrogens (tertiary/aromatic N) is 2. The van der Waals surface area contributed by atoms with Crippen LogP contribution >= 0.6 is 23.1 Å². The molecular formula is C15H16N4O2S2. The van der Waals surface area contributed by atoms with E-state index in [1.807, 2.05) is 37.3 Å². The second-order valence-electron chi connectivity index (χ2n) is 4.89. The molecule has 0 fully saturated rings. The van der Waals surface area contributed by atoms with Gasteiger partial charge in [0, 0.05) is 12.4 Å². The summed E-state index contributed by atoms with van der Waals surface area (Å²) in [7, 11) is 1.79. The van der Waals surface area contributed by atoms with E-state index in [9.17, 15) is 4.79 Å². The highest BCUT2D eigenvalue weighted by Crippen LogP contribution is 2.26. The first-order valence-corrected chi connectivity index (χ1v) is 8.88. The number of anilines is 1. The van der Waals surface area contributed by atoms with Crippen LogP contribution in [-0.4, -0.2) is 28.9 Å². The molecule has 6 nitrogen and oxygen atoms in total. The van der Waals surface area contributed by atoms with Crippen LogP contribution in [0.2, 0.25) is 0 Å². The molecule has 0 aliphatic rings. The van der Waals surface area contributed by atoms with Crippen molar-refractivity contribution in [2.24, 2.45) is 0 Å². The van der Waals surface area contributed by atoms with Crippen LogP contribution in [0, 0.1) is 0 Å². The number of nitrogens with one attached hydrogen (secondary N) is 2. The highest BCUT2D eigenvalue weighted by molar-refractivity contribution is 8.01. The molecule has 0 spiro atoms. The fourth-order valence-electron chi connectivity index (χ4n) is 2.07. The van der Waals surface area contributed by atoms with E-state index in [4.69, 9.17) is 4.42 Å². The number of para-hydroxylation sites is 1. The zero-order valence-corrected chi connectivity index (χ0v) is 14.3. The number of amides is 1. The van der Waals surface area contributed by atoms with Gasteiger partial charge in [-0.2, -0.15) is 0 Å². The summed E-state index contributed by atoms with van der Waals surface area (Å²) in [4.78, 5) is 12.1. The lowest BCUT2D eigenvalue weighted by molar-refractivity contribution is -0.119. The Morgan fingerprint density at radius 2 is 2.22 bits per heavy atom. The molecular weight excluding hydrogens is 332 g/mol. The summed E-state index contributed by atoms with van der Waals surface area (Å²) < 4.78 is 6.53. The molecule has 120 valence electrons. The number of hydrogen-bond donors (Lipinski definition) is 2. The number of hydrogen-bond acceptors (Lipinski definition) is 7. The maximum absolute atomic E-state index is 12.1. The quantitative estimate of drug-likeness (QED) is 0.665. The highest BCUT2D eigenvalue weighted by Gasteiger charge is 2.15. The standard InChI is InChI=1S/C15H16N4O2S2/c1-9(12-7-10-5-3-4-6-11(10)21-12)17-13(20)8-22-15-19-18-14(16-2)23-15/h3-7,9H,8H2,1-2H3,(H,16,18)(H,17,20)/t9-/m1/s1. The molecule has 2 heterocycles. The van der Waals surface area contributed by atoms with Crippen LogP contribution < -0.4 is 10.6 Å². The summed E-state index contributed by atoms with van der Waals surface area (Å²) in [5.74, 6) is 0.977. The van der Waals surface area contributed by atoms with Gasteiger partial charge in [0.1, 0.15) is 11.3 Å².